The molecule has 0 radical (unpaired) electrons. The van der Waals surface area contributed by atoms with Crippen molar-refractivity contribution in [2.45, 2.75) is 69.2 Å². The van der Waals surface area contributed by atoms with Crippen molar-refractivity contribution in [2.24, 2.45) is 0 Å². The van der Waals surface area contributed by atoms with Crippen LogP contribution in [0.4, 0.5) is 0 Å². The Morgan fingerprint density at radius 3 is 2.35 bits per heavy atom. The van der Waals surface area contributed by atoms with Crippen molar-refractivity contribution in [2.75, 3.05) is 19.6 Å². The van der Waals surface area contributed by atoms with Crippen LogP contribution in [0.2, 0.25) is 0 Å². The molecule has 3 rings (SSSR count). The first-order chi connectivity index (χ1) is 12.5. The molecule has 2 fully saturated rings. The van der Waals surface area contributed by atoms with Crippen molar-refractivity contribution in [3.05, 3.63) is 29.8 Å². The van der Waals surface area contributed by atoms with E-state index in [4.69, 9.17) is 0 Å². The van der Waals surface area contributed by atoms with Gasteiger partial charge in [0.25, 0.3) is 5.91 Å². The molecule has 0 atom stereocenters. The molecule has 1 aliphatic heterocycles. The minimum atomic E-state index is -3.53. The van der Waals surface area contributed by atoms with Crippen LogP contribution in [-0.2, 0) is 10.0 Å². The highest BCUT2D eigenvalue weighted by molar-refractivity contribution is 7.89. The minimum absolute atomic E-state index is 0.0488. The number of carbonyl (C=O) groups is 1. The molecule has 5 nitrogen and oxygen atoms in total. The number of amides is 1. The van der Waals surface area contributed by atoms with Gasteiger partial charge in [-0.3, -0.25) is 4.79 Å². The first-order valence-electron chi connectivity index (χ1n) is 9.95. The van der Waals surface area contributed by atoms with Crippen LogP contribution in [-0.4, -0.2) is 49.2 Å². The van der Waals surface area contributed by atoms with Gasteiger partial charge in [0.05, 0.1) is 4.90 Å². The smallest absolute Gasteiger partial charge is 0.254 e. The molecule has 1 saturated heterocycles. The summed E-state index contributed by atoms with van der Waals surface area (Å²) in [5, 5.41) is 0. The van der Waals surface area contributed by atoms with Crippen LogP contribution in [0.3, 0.4) is 0 Å². The van der Waals surface area contributed by atoms with Gasteiger partial charge in [-0.15, -0.1) is 0 Å². The van der Waals surface area contributed by atoms with Gasteiger partial charge in [-0.05, 0) is 50.8 Å². The Morgan fingerprint density at radius 1 is 1.08 bits per heavy atom. The largest absolute Gasteiger partial charge is 0.336 e. The molecular weight excluding hydrogens is 348 g/mol. The Morgan fingerprint density at radius 2 is 1.73 bits per heavy atom. The van der Waals surface area contributed by atoms with E-state index in [1.807, 2.05) is 11.8 Å². The van der Waals surface area contributed by atoms with Crippen LogP contribution < -0.4 is 0 Å². The zero-order chi connectivity index (χ0) is 18.6. The van der Waals surface area contributed by atoms with Gasteiger partial charge >= 0.3 is 0 Å². The molecule has 1 aromatic carbocycles. The second-order valence-electron chi connectivity index (χ2n) is 7.38. The number of nitrogens with zero attached hydrogens (tertiary/aromatic N) is 2. The lowest BCUT2D eigenvalue weighted by Gasteiger charge is -2.28. The Balaban J connectivity index is 1.83. The highest BCUT2D eigenvalue weighted by Gasteiger charge is 2.29. The van der Waals surface area contributed by atoms with Crippen molar-refractivity contribution in [1.82, 2.24) is 9.21 Å². The number of rotatable bonds is 5. The topological polar surface area (TPSA) is 57.7 Å². The van der Waals surface area contributed by atoms with Crippen molar-refractivity contribution in [3.8, 4) is 0 Å². The lowest BCUT2D eigenvalue weighted by atomic mass is 10.1. The van der Waals surface area contributed by atoms with Crippen molar-refractivity contribution in [1.29, 1.82) is 0 Å². The molecule has 1 aliphatic carbocycles. The summed E-state index contributed by atoms with van der Waals surface area (Å²) in [4.78, 5) is 15.1. The number of benzene rings is 1. The molecule has 144 valence electrons. The third kappa shape index (κ3) is 4.12. The Hall–Kier alpha value is -1.40. The summed E-state index contributed by atoms with van der Waals surface area (Å²) in [5.41, 5.74) is 0.481. The maximum absolute atomic E-state index is 13.0. The van der Waals surface area contributed by atoms with Crippen LogP contribution in [0.15, 0.2) is 29.2 Å². The molecule has 0 N–H and O–H groups in total. The van der Waals surface area contributed by atoms with Gasteiger partial charge in [-0.2, -0.15) is 4.31 Å². The van der Waals surface area contributed by atoms with E-state index in [2.05, 4.69) is 0 Å². The summed E-state index contributed by atoms with van der Waals surface area (Å²) in [6.07, 6.45) is 8.40. The molecule has 2 aliphatic rings. The van der Waals surface area contributed by atoms with Crippen LogP contribution in [0.5, 0.6) is 0 Å². The molecule has 1 amide bonds. The fraction of sp³-hybridized carbons (Fsp3) is 0.650. The van der Waals surface area contributed by atoms with Crippen molar-refractivity contribution >= 4 is 15.9 Å². The average Bonchev–Trinajstić information content (AvgIpc) is 3.03. The standard InChI is InChI=1S/C20H30N2O3S/c1-2-22(18-11-5-6-12-18)20(23)17-10-9-13-19(16-17)26(24,25)21-14-7-3-4-8-15-21/h9-10,13,16,18H,2-8,11-12,14-15H2,1H3. The highest BCUT2D eigenvalue weighted by Crippen LogP contribution is 2.26. The Kier molecular flexibility index (Phi) is 6.35. The Bertz CT molecular complexity index is 718. The fourth-order valence-electron chi connectivity index (χ4n) is 4.17. The van der Waals surface area contributed by atoms with Crippen LogP contribution in [0.1, 0.15) is 68.6 Å². The van der Waals surface area contributed by atoms with E-state index in [-0.39, 0.29) is 10.8 Å². The molecule has 1 aromatic rings. The number of carbonyl (C=O) groups excluding carboxylic acids is 1. The molecule has 0 unspecified atom stereocenters. The molecule has 0 aromatic heterocycles. The lowest BCUT2D eigenvalue weighted by molar-refractivity contribution is 0.0693. The number of hydrogen-bond acceptors (Lipinski definition) is 3. The minimum Gasteiger partial charge on any atom is -0.336 e. The average molecular weight is 379 g/mol. The summed E-state index contributed by atoms with van der Waals surface area (Å²) >= 11 is 0. The maximum Gasteiger partial charge on any atom is 0.254 e. The molecule has 26 heavy (non-hydrogen) atoms. The van der Waals surface area contributed by atoms with E-state index in [1.165, 1.54) is 0 Å². The predicted octanol–water partition coefficient (Wildman–Crippen LogP) is 3.66. The second-order valence-corrected chi connectivity index (χ2v) is 9.31. The van der Waals surface area contributed by atoms with E-state index in [0.29, 0.717) is 31.2 Å². The van der Waals surface area contributed by atoms with Crippen LogP contribution >= 0.6 is 0 Å². The van der Waals surface area contributed by atoms with Gasteiger partial charge in [0.15, 0.2) is 0 Å². The third-order valence-electron chi connectivity index (χ3n) is 5.65. The molecule has 0 spiro atoms. The first kappa shape index (κ1) is 19.4. The second kappa shape index (κ2) is 8.53. The fourth-order valence-corrected chi connectivity index (χ4v) is 5.73. The third-order valence-corrected chi connectivity index (χ3v) is 7.55. The van der Waals surface area contributed by atoms with Crippen molar-refractivity contribution < 1.29 is 13.2 Å². The number of hydrogen-bond donors (Lipinski definition) is 0. The van der Waals surface area contributed by atoms with Gasteiger partial charge in [-0.25, -0.2) is 8.42 Å². The monoisotopic (exact) mass is 378 g/mol. The molecule has 1 heterocycles. The van der Waals surface area contributed by atoms with Gasteiger partial charge in [0.2, 0.25) is 10.0 Å². The van der Waals surface area contributed by atoms with Gasteiger partial charge < -0.3 is 4.90 Å². The molecule has 0 bridgehead atoms. The summed E-state index contributed by atoms with van der Waals surface area (Å²) in [6.45, 7) is 3.80. The summed E-state index contributed by atoms with van der Waals surface area (Å²) in [6, 6.07) is 6.91. The van der Waals surface area contributed by atoms with Crippen LogP contribution in [0, 0.1) is 0 Å². The van der Waals surface area contributed by atoms with E-state index in [0.717, 1.165) is 51.4 Å². The number of sulfonamides is 1. The SMILES string of the molecule is CCN(C(=O)c1cccc(S(=O)(=O)N2CCCCCC2)c1)C1CCCC1. The molecular formula is C20H30N2O3S. The zero-order valence-corrected chi connectivity index (χ0v) is 16.5. The summed E-state index contributed by atoms with van der Waals surface area (Å²) < 4.78 is 27.6. The van der Waals surface area contributed by atoms with E-state index in [1.54, 1.807) is 28.6 Å². The Labute approximate surface area is 157 Å². The van der Waals surface area contributed by atoms with Gasteiger partial charge in [0.1, 0.15) is 0 Å². The highest BCUT2D eigenvalue weighted by atomic mass is 32.2. The van der Waals surface area contributed by atoms with Crippen LogP contribution in [0.25, 0.3) is 0 Å². The normalized spacial score (nSPS) is 20.0. The summed E-state index contributed by atoms with van der Waals surface area (Å²) in [5.74, 6) is -0.0488. The van der Waals surface area contributed by atoms with Gasteiger partial charge in [-0.1, -0.05) is 31.7 Å². The maximum atomic E-state index is 13.0. The van der Waals surface area contributed by atoms with E-state index >= 15 is 0 Å². The predicted molar refractivity (Wildman–Crippen MR) is 103 cm³/mol. The quantitative estimate of drug-likeness (QED) is 0.786. The molecule has 1 saturated carbocycles. The van der Waals surface area contributed by atoms with Crippen molar-refractivity contribution in [3.63, 3.8) is 0 Å². The van der Waals surface area contributed by atoms with E-state index < -0.39 is 10.0 Å². The van der Waals surface area contributed by atoms with E-state index in [9.17, 15) is 13.2 Å². The molecule has 6 heteroatoms. The summed E-state index contributed by atoms with van der Waals surface area (Å²) in [7, 11) is -3.53. The van der Waals surface area contributed by atoms with Gasteiger partial charge in [0, 0.05) is 31.2 Å². The zero-order valence-electron chi connectivity index (χ0n) is 15.7. The lowest BCUT2D eigenvalue weighted by Crippen LogP contribution is -2.38. The first-order valence-corrected chi connectivity index (χ1v) is 11.4.